The van der Waals surface area contributed by atoms with E-state index in [0.29, 0.717) is 45.3 Å². The number of nitrogens with zero attached hydrogens (tertiary/aromatic N) is 4. The van der Waals surface area contributed by atoms with Crippen LogP contribution in [-0.4, -0.2) is 121 Å². The number of amides is 1. The summed E-state index contributed by atoms with van der Waals surface area (Å²) >= 11 is 12.7. The third kappa shape index (κ3) is 14.4. The van der Waals surface area contributed by atoms with Crippen LogP contribution in [0.1, 0.15) is 135 Å². The molecule has 4 aliphatic rings. The van der Waals surface area contributed by atoms with Crippen LogP contribution >= 0.6 is 23.2 Å². The van der Waals surface area contributed by atoms with Crippen molar-refractivity contribution in [2.75, 3.05) is 39.3 Å². The Kier molecular flexibility index (Phi) is 18.4. The summed E-state index contributed by atoms with van der Waals surface area (Å²) < 4.78 is 15.6. The fraction of sp³-hybridized carbons (Fsp3) is 0.448. The average molecular weight is 1070 g/mol. The maximum Gasteiger partial charge on any atom is 0.377 e. The lowest BCUT2D eigenvalue weighted by molar-refractivity contribution is -0.131. The number of Topliss-reactive ketones (excluding diaryl/α,β-unsaturated/α-hetero) is 2. The predicted molar refractivity (Wildman–Crippen MR) is 292 cm³/mol. The molecular formula is C58H70Cl2N6O9. The van der Waals surface area contributed by atoms with E-state index < -0.39 is 41.7 Å². The molecule has 0 bridgehead atoms. The van der Waals surface area contributed by atoms with E-state index in [1.807, 2.05) is 61.1 Å². The molecule has 15 nitrogen and oxygen atoms in total. The van der Waals surface area contributed by atoms with Gasteiger partial charge in [-0.2, -0.15) is 0 Å². The van der Waals surface area contributed by atoms with Gasteiger partial charge in [0.25, 0.3) is 11.7 Å². The number of hydrogen-bond acceptors (Lipinski definition) is 11. The highest BCUT2D eigenvalue weighted by atomic mass is 35.5. The number of nitrogens with one attached hydrogen (secondary N) is 1. The summed E-state index contributed by atoms with van der Waals surface area (Å²) in [6, 6.07) is 24.4. The molecule has 0 spiro atoms. The van der Waals surface area contributed by atoms with Gasteiger partial charge >= 0.3 is 5.97 Å². The molecule has 2 aromatic heterocycles. The van der Waals surface area contributed by atoms with E-state index in [1.54, 1.807) is 54.6 Å². The zero-order chi connectivity index (χ0) is 53.5. The van der Waals surface area contributed by atoms with Crippen LogP contribution < -0.4 is 20.5 Å². The van der Waals surface area contributed by atoms with E-state index >= 15 is 0 Å². The number of carboxylic acid groups (broad SMARTS) is 1. The molecule has 4 aromatic carbocycles. The van der Waals surface area contributed by atoms with Crippen LogP contribution in [0.5, 0.6) is 11.5 Å². The second-order valence-electron chi connectivity index (χ2n) is 20.8. The molecule has 4 atom stereocenters. The van der Waals surface area contributed by atoms with E-state index in [1.165, 1.54) is 12.8 Å². The number of carboxylic acids is 1. The summed E-state index contributed by atoms with van der Waals surface area (Å²) in [6.07, 6.45) is 11.6. The molecule has 0 unspecified atom stereocenters. The number of aliphatic hydroxyl groups is 2. The molecule has 10 rings (SSSR count). The molecule has 2 aliphatic heterocycles. The third-order valence-corrected chi connectivity index (χ3v) is 14.7. The van der Waals surface area contributed by atoms with Crippen molar-refractivity contribution < 1.29 is 44.0 Å². The van der Waals surface area contributed by atoms with E-state index in [0.717, 1.165) is 98.6 Å². The lowest BCUT2D eigenvalue weighted by Gasteiger charge is -2.28. The van der Waals surface area contributed by atoms with Crippen molar-refractivity contribution in [3.8, 4) is 11.5 Å². The molecule has 2 saturated heterocycles. The Labute approximate surface area is 448 Å². The smallest absolute Gasteiger partial charge is 0.377 e. The minimum atomic E-state index is -1.42. The Hall–Kier alpha value is -5.78. The zero-order valence-electron chi connectivity index (χ0n) is 43.2. The van der Waals surface area contributed by atoms with Gasteiger partial charge < -0.3 is 54.8 Å². The Morgan fingerprint density at radius 2 is 1.05 bits per heavy atom. The summed E-state index contributed by atoms with van der Waals surface area (Å²) in [6.45, 7) is 13.3. The molecule has 6 aromatic rings. The van der Waals surface area contributed by atoms with Gasteiger partial charge in [0.1, 0.15) is 17.6 Å². The summed E-state index contributed by atoms with van der Waals surface area (Å²) in [4.78, 5) is 52.9. The first kappa shape index (κ1) is 55.5. The number of carbonyl (C=O) groups is 4. The van der Waals surface area contributed by atoms with Crippen LogP contribution in [0.25, 0.3) is 21.8 Å². The van der Waals surface area contributed by atoms with Crippen molar-refractivity contribution in [2.45, 2.75) is 128 Å². The van der Waals surface area contributed by atoms with Gasteiger partial charge in [-0.05, 0) is 176 Å². The largest absolute Gasteiger partial charge is 0.489 e. The number of aliphatic hydroxyl groups excluding tert-OH is 2. The van der Waals surface area contributed by atoms with E-state index in [2.05, 4.69) is 33.5 Å². The summed E-state index contributed by atoms with van der Waals surface area (Å²) in [5.74, 6) is -2.36. The van der Waals surface area contributed by atoms with Crippen molar-refractivity contribution >= 4 is 68.5 Å². The van der Waals surface area contributed by atoms with Gasteiger partial charge in [0.05, 0.1) is 34.4 Å². The lowest BCUT2D eigenvalue weighted by Crippen LogP contribution is -2.48. The van der Waals surface area contributed by atoms with Crippen molar-refractivity contribution in [1.82, 2.24) is 24.3 Å². The number of carbonyl (C=O) groups excluding carboxylic acids is 3. The van der Waals surface area contributed by atoms with Gasteiger partial charge in [-0.15, -0.1) is 0 Å². The second kappa shape index (κ2) is 24.9. The first-order valence-corrected chi connectivity index (χ1v) is 27.0. The third-order valence-electron chi connectivity index (χ3n) is 14.1. The number of ether oxygens (including phenoxy) is 2. The Morgan fingerprint density at radius 1 is 0.613 bits per heavy atom. The number of halogens is 2. The van der Waals surface area contributed by atoms with Crippen LogP contribution in [0.2, 0.25) is 10.0 Å². The highest BCUT2D eigenvalue weighted by Crippen LogP contribution is 2.36. The molecule has 17 heteroatoms. The van der Waals surface area contributed by atoms with Gasteiger partial charge in [0.2, 0.25) is 5.78 Å². The maximum atomic E-state index is 13.2. The number of benzene rings is 4. The zero-order valence-corrected chi connectivity index (χ0v) is 44.7. The van der Waals surface area contributed by atoms with Crippen LogP contribution in [0.15, 0.2) is 97.3 Å². The normalized spacial score (nSPS) is 17.5. The van der Waals surface area contributed by atoms with Crippen molar-refractivity contribution in [3.05, 3.63) is 130 Å². The molecule has 400 valence electrons. The average Bonchev–Trinajstić information content (AvgIpc) is 4.07. The number of aliphatic carboxylic acids is 1. The summed E-state index contributed by atoms with van der Waals surface area (Å²) in [5.41, 5.74) is 9.80. The highest BCUT2D eigenvalue weighted by Gasteiger charge is 2.31. The van der Waals surface area contributed by atoms with Crippen molar-refractivity contribution in [2.24, 2.45) is 5.73 Å². The monoisotopic (exact) mass is 1060 g/mol. The molecule has 4 heterocycles. The van der Waals surface area contributed by atoms with E-state index in [9.17, 15) is 29.4 Å². The summed E-state index contributed by atoms with van der Waals surface area (Å²) in [5, 5.41) is 36.2. The number of nitrogens with two attached hydrogens (primary N) is 1. The lowest BCUT2D eigenvalue weighted by atomic mass is 10.0. The number of hydrogen-bond donors (Lipinski definition) is 5. The van der Waals surface area contributed by atoms with Gasteiger partial charge in [-0.25, -0.2) is 4.79 Å². The molecule has 2 aliphatic carbocycles. The van der Waals surface area contributed by atoms with Gasteiger partial charge in [0.15, 0.2) is 0 Å². The molecule has 75 heavy (non-hydrogen) atoms. The molecule has 2 saturated carbocycles. The molecule has 1 amide bonds. The highest BCUT2D eigenvalue weighted by molar-refractivity contribution is 6.43. The summed E-state index contributed by atoms with van der Waals surface area (Å²) in [7, 11) is 0. The molecule has 0 radical (unpaired) electrons. The van der Waals surface area contributed by atoms with Gasteiger partial charge in [-0.3, -0.25) is 14.4 Å². The first-order valence-electron chi connectivity index (χ1n) is 26.3. The van der Waals surface area contributed by atoms with Crippen LogP contribution in [0, 0.1) is 0 Å². The van der Waals surface area contributed by atoms with Crippen LogP contribution in [-0.2, 0) is 9.59 Å². The molecular weight excluding hydrogens is 996 g/mol. The second-order valence-corrected chi connectivity index (χ2v) is 21.6. The van der Waals surface area contributed by atoms with Crippen molar-refractivity contribution in [1.29, 1.82) is 0 Å². The minimum Gasteiger partial charge on any atom is -0.489 e. The number of aromatic nitrogens is 2. The van der Waals surface area contributed by atoms with E-state index in [-0.39, 0.29) is 29.8 Å². The first-order chi connectivity index (χ1) is 35.9. The van der Waals surface area contributed by atoms with E-state index in [4.69, 9.17) is 43.5 Å². The van der Waals surface area contributed by atoms with Crippen molar-refractivity contribution in [3.63, 3.8) is 0 Å². The minimum absolute atomic E-state index is 0.212. The fourth-order valence-corrected chi connectivity index (χ4v) is 10.1. The van der Waals surface area contributed by atoms with Crippen LogP contribution in [0.3, 0.4) is 0 Å². The fourth-order valence-electron chi connectivity index (χ4n) is 9.60. The van der Waals surface area contributed by atoms with Crippen LogP contribution in [0.4, 0.5) is 0 Å². The molecule has 4 fully saturated rings. The van der Waals surface area contributed by atoms with Gasteiger partial charge in [0, 0.05) is 65.8 Å². The number of likely N-dealkylation sites (tertiary alicyclic amines) is 2. The Morgan fingerprint density at radius 3 is 1.48 bits per heavy atom. The maximum absolute atomic E-state index is 13.2. The standard InChI is InChI=1S/C29H34ClN3O4.C16H23ClN2O2.C13H13NO3/c1-18(2)33-14-11-19-5-6-21(16-25(19)33)28(35)29(36)31-24(17-32-12-3-4-13-32)27(34)20-7-10-26(23(30)15-20)37-22-8-9-22;17-13-9-11(3-6-15(13)21-12-4-5-12)16(20)14(18)10-19-7-1-2-8-19;1-8(2)14-6-5-9-3-4-10(7-11(9)14)12(15)13(16)17/h5-7,10-11,14-16,18,22,24,27,34H,3-4,8-9,12-13,17H2,1-2H3,(H,31,36);3,6,9,12,14,16,20H,1-2,4-5,7-8,10,18H2;3-8H,1-2H3,(H,16,17)/t24-,27-;14-,16-;/m11./s1. The Balaban J connectivity index is 0.000000165. The Bertz CT molecular complexity index is 2970. The topological polar surface area (TPSA) is 202 Å². The SMILES string of the molecule is CC(C)n1ccc2ccc(C(=O)C(=O)N[C@H](CN3CCCC3)[C@H](O)c3ccc(OC4CC4)c(Cl)c3)cc21.CC(C)n1ccc2ccc(C(=O)C(=O)O)cc21.N[C@H](CN1CCCC1)[C@H](O)c1ccc(OC2CC2)c(Cl)c1. The quantitative estimate of drug-likeness (QED) is 0.0380. The molecule has 6 N–H and O–H groups in total. The number of rotatable bonds is 19. The number of ketones is 2. The number of fused-ring (bicyclic) bond motifs is 2. The van der Waals surface area contributed by atoms with Gasteiger partial charge in [-0.1, -0.05) is 59.6 Å². The predicted octanol–water partition coefficient (Wildman–Crippen LogP) is 9.74.